The van der Waals surface area contributed by atoms with Crippen LogP contribution in [0.3, 0.4) is 0 Å². The molecule has 0 radical (unpaired) electrons. The SMILES string of the molecule is Cc1ccc(C(=O)C(O)(O)C(=O)c2ccc(C)cc2)cc1. The van der Waals surface area contributed by atoms with E-state index < -0.39 is 17.4 Å². The quantitative estimate of drug-likeness (QED) is 0.512. The van der Waals surface area contributed by atoms with Crippen molar-refractivity contribution in [3.05, 3.63) is 70.8 Å². The van der Waals surface area contributed by atoms with Gasteiger partial charge in [0.25, 0.3) is 5.79 Å². The Kier molecular flexibility index (Phi) is 4.02. The first-order valence-electron chi connectivity index (χ1n) is 6.50. The third-order valence-electron chi connectivity index (χ3n) is 3.26. The Balaban J connectivity index is 2.32. The second-order valence-electron chi connectivity index (χ2n) is 5.06. The number of ketones is 2. The highest BCUT2D eigenvalue weighted by molar-refractivity contribution is 6.20. The number of Topliss-reactive ketones (excluding diaryl/α,β-unsaturated/α-hetero) is 2. The summed E-state index contributed by atoms with van der Waals surface area (Å²) in [6.07, 6.45) is 0. The highest BCUT2D eigenvalue weighted by Gasteiger charge is 2.42. The van der Waals surface area contributed by atoms with Gasteiger partial charge < -0.3 is 10.2 Å². The van der Waals surface area contributed by atoms with Crippen LogP contribution in [0, 0.1) is 13.8 Å². The summed E-state index contributed by atoms with van der Waals surface area (Å²) in [5, 5.41) is 19.9. The molecule has 21 heavy (non-hydrogen) atoms. The number of hydrogen-bond acceptors (Lipinski definition) is 4. The molecule has 0 aromatic heterocycles. The molecule has 2 aromatic rings. The second-order valence-corrected chi connectivity index (χ2v) is 5.06. The number of hydrogen-bond donors (Lipinski definition) is 2. The minimum absolute atomic E-state index is 0.0751. The van der Waals surface area contributed by atoms with Crippen LogP contribution in [-0.4, -0.2) is 27.6 Å². The summed E-state index contributed by atoms with van der Waals surface area (Å²) < 4.78 is 0. The first kappa shape index (κ1) is 15.1. The highest BCUT2D eigenvalue weighted by Crippen LogP contribution is 2.18. The molecule has 0 heterocycles. The van der Waals surface area contributed by atoms with Crippen LogP contribution < -0.4 is 0 Å². The van der Waals surface area contributed by atoms with Crippen molar-refractivity contribution < 1.29 is 19.8 Å². The van der Waals surface area contributed by atoms with Crippen molar-refractivity contribution in [2.45, 2.75) is 19.6 Å². The molecule has 0 spiro atoms. The molecular formula is C17H16O4. The molecule has 0 amide bonds. The zero-order valence-electron chi connectivity index (χ0n) is 11.8. The van der Waals surface area contributed by atoms with Crippen LogP contribution in [0.15, 0.2) is 48.5 Å². The van der Waals surface area contributed by atoms with Crippen LogP contribution in [0.25, 0.3) is 0 Å². The van der Waals surface area contributed by atoms with Crippen LogP contribution in [-0.2, 0) is 0 Å². The fourth-order valence-corrected chi connectivity index (χ4v) is 1.92. The molecule has 4 heteroatoms. The molecule has 0 unspecified atom stereocenters. The smallest absolute Gasteiger partial charge is 0.294 e. The van der Waals surface area contributed by atoms with Crippen LogP contribution in [0.1, 0.15) is 31.8 Å². The van der Waals surface area contributed by atoms with E-state index >= 15 is 0 Å². The Labute approximate surface area is 122 Å². The Bertz CT molecular complexity index is 607. The van der Waals surface area contributed by atoms with Crippen LogP contribution >= 0.6 is 0 Å². The summed E-state index contributed by atoms with van der Waals surface area (Å²) in [7, 11) is 0. The van der Waals surface area contributed by atoms with E-state index in [9.17, 15) is 19.8 Å². The molecule has 2 aromatic carbocycles. The molecule has 0 atom stereocenters. The first-order valence-corrected chi connectivity index (χ1v) is 6.50. The zero-order valence-corrected chi connectivity index (χ0v) is 11.8. The van der Waals surface area contributed by atoms with Gasteiger partial charge in [0.15, 0.2) is 0 Å². The fourth-order valence-electron chi connectivity index (χ4n) is 1.92. The van der Waals surface area contributed by atoms with Crippen molar-refractivity contribution in [2.75, 3.05) is 0 Å². The lowest BCUT2D eigenvalue weighted by molar-refractivity contribution is -0.0889. The largest absolute Gasteiger partial charge is 0.353 e. The third kappa shape index (κ3) is 3.07. The maximum absolute atomic E-state index is 12.1. The average molecular weight is 284 g/mol. The fraction of sp³-hybridized carbons (Fsp3) is 0.176. The molecule has 0 aliphatic rings. The number of carbonyl (C=O) groups is 2. The zero-order chi connectivity index (χ0) is 15.6. The van der Waals surface area contributed by atoms with Gasteiger partial charge in [0, 0.05) is 11.1 Å². The van der Waals surface area contributed by atoms with Gasteiger partial charge in [0.2, 0.25) is 11.6 Å². The van der Waals surface area contributed by atoms with E-state index in [2.05, 4.69) is 0 Å². The van der Waals surface area contributed by atoms with Gasteiger partial charge in [-0.2, -0.15) is 0 Å². The van der Waals surface area contributed by atoms with E-state index in [0.29, 0.717) is 0 Å². The van der Waals surface area contributed by atoms with Gasteiger partial charge in [0.05, 0.1) is 0 Å². The van der Waals surface area contributed by atoms with Gasteiger partial charge in [-0.3, -0.25) is 9.59 Å². The predicted molar refractivity (Wildman–Crippen MR) is 78.2 cm³/mol. The lowest BCUT2D eigenvalue weighted by Gasteiger charge is -2.19. The second kappa shape index (κ2) is 5.60. The van der Waals surface area contributed by atoms with E-state index in [-0.39, 0.29) is 11.1 Å². The van der Waals surface area contributed by atoms with Crippen molar-refractivity contribution in [1.82, 2.24) is 0 Å². The summed E-state index contributed by atoms with van der Waals surface area (Å²) >= 11 is 0. The van der Waals surface area contributed by atoms with Crippen LogP contribution in [0.5, 0.6) is 0 Å². The third-order valence-corrected chi connectivity index (χ3v) is 3.26. The van der Waals surface area contributed by atoms with Gasteiger partial charge >= 0.3 is 0 Å². The summed E-state index contributed by atoms with van der Waals surface area (Å²) in [6, 6.07) is 12.5. The van der Waals surface area contributed by atoms with Crippen molar-refractivity contribution in [3.63, 3.8) is 0 Å². The number of benzene rings is 2. The standard InChI is InChI=1S/C17H16O4/c1-11-3-7-13(8-4-11)15(18)17(20,21)16(19)14-9-5-12(2)6-10-14/h3-10,20-21H,1-2H3. The normalized spacial score (nSPS) is 11.2. The van der Waals surface area contributed by atoms with Gasteiger partial charge in [-0.05, 0) is 13.8 Å². The molecular weight excluding hydrogens is 268 g/mol. The van der Waals surface area contributed by atoms with Gasteiger partial charge in [0.1, 0.15) is 0 Å². The Morgan fingerprint density at radius 3 is 1.29 bits per heavy atom. The van der Waals surface area contributed by atoms with Crippen molar-refractivity contribution in [1.29, 1.82) is 0 Å². The molecule has 2 rings (SSSR count). The summed E-state index contributed by atoms with van der Waals surface area (Å²) in [4.78, 5) is 24.3. The van der Waals surface area contributed by atoms with Crippen molar-refractivity contribution in [3.8, 4) is 0 Å². The molecule has 2 N–H and O–H groups in total. The summed E-state index contributed by atoms with van der Waals surface area (Å²) in [5.74, 6) is -5.13. The minimum Gasteiger partial charge on any atom is -0.353 e. The number of rotatable bonds is 4. The van der Waals surface area contributed by atoms with Gasteiger partial charge in [-0.1, -0.05) is 59.7 Å². The lowest BCUT2D eigenvalue weighted by Crippen LogP contribution is -2.46. The maximum atomic E-state index is 12.1. The number of aryl methyl sites for hydroxylation is 2. The van der Waals surface area contributed by atoms with Crippen molar-refractivity contribution >= 4 is 11.6 Å². The van der Waals surface area contributed by atoms with Crippen LogP contribution in [0.2, 0.25) is 0 Å². The van der Waals surface area contributed by atoms with Crippen molar-refractivity contribution in [2.24, 2.45) is 0 Å². The average Bonchev–Trinajstić information content (AvgIpc) is 2.47. The molecule has 0 fully saturated rings. The summed E-state index contributed by atoms with van der Waals surface area (Å²) in [6.45, 7) is 3.69. The van der Waals surface area contributed by atoms with E-state index in [4.69, 9.17) is 0 Å². The van der Waals surface area contributed by atoms with E-state index in [1.165, 1.54) is 24.3 Å². The molecule has 0 saturated heterocycles. The number of carbonyl (C=O) groups excluding carboxylic acids is 2. The molecule has 108 valence electrons. The first-order chi connectivity index (χ1) is 9.82. The maximum Gasteiger partial charge on any atom is 0.294 e. The highest BCUT2D eigenvalue weighted by atomic mass is 16.5. The Morgan fingerprint density at radius 2 is 1.00 bits per heavy atom. The van der Waals surface area contributed by atoms with E-state index in [0.717, 1.165) is 11.1 Å². The molecule has 4 nitrogen and oxygen atoms in total. The number of aliphatic hydroxyl groups is 2. The van der Waals surface area contributed by atoms with Gasteiger partial charge in [-0.15, -0.1) is 0 Å². The molecule has 0 aliphatic heterocycles. The Hall–Kier alpha value is -2.30. The molecule has 0 saturated carbocycles. The molecule has 0 aliphatic carbocycles. The van der Waals surface area contributed by atoms with Gasteiger partial charge in [-0.25, -0.2) is 0 Å². The monoisotopic (exact) mass is 284 g/mol. The van der Waals surface area contributed by atoms with E-state index in [1.807, 2.05) is 13.8 Å². The molecule has 0 bridgehead atoms. The minimum atomic E-state index is -3.06. The van der Waals surface area contributed by atoms with E-state index in [1.54, 1.807) is 24.3 Å². The topological polar surface area (TPSA) is 74.6 Å². The summed E-state index contributed by atoms with van der Waals surface area (Å²) in [5.41, 5.74) is 2.01. The van der Waals surface area contributed by atoms with Crippen LogP contribution in [0.4, 0.5) is 0 Å². The lowest BCUT2D eigenvalue weighted by atomic mass is 9.94. The Morgan fingerprint density at radius 1 is 0.714 bits per heavy atom. The predicted octanol–water partition coefficient (Wildman–Crippen LogP) is 2.05.